The van der Waals surface area contributed by atoms with Crippen LogP contribution in [0, 0.1) is 92.7 Å². The molecule has 0 saturated heterocycles. The summed E-state index contributed by atoms with van der Waals surface area (Å²) in [5.41, 5.74) is -0.343. The van der Waals surface area contributed by atoms with E-state index >= 15 is 0 Å². The molecule has 22 atom stereocenters. The van der Waals surface area contributed by atoms with E-state index in [4.69, 9.17) is 0 Å². The number of carboxylic acids is 2. The fraction of sp³-hybridized carbons (Fsp3) is 0.958. The van der Waals surface area contributed by atoms with Gasteiger partial charge in [0.1, 0.15) is 0 Å². The van der Waals surface area contributed by atoms with Gasteiger partial charge in [-0.15, -0.1) is 0 Å². The molecule has 0 aromatic rings. The van der Waals surface area contributed by atoms with Gasteiger partial charge in [0, 0.05) is 11.9 Å². The standard InChI is InChI=1S/2C24H40O5.Ni/c2*1-13(4-7-21(28)29)16-5-6-17-22-18(12-20(27)24(16,17)3)23(2)9-8-15(25)10-14(23)11-19(22)26;/h2*13-20,22,25-27H,4-12H2,1-3H3,(H,28,29);/q;;+2/p-2/t2*13-,14+,15-,16-,17+,18+,19-,20+,22+,23+,24-;/m11./s1. The molecule has 0 radical (unpaired) electrons. The molecule has 11 heteroatoms. The van der Waals surface area contributed by atoms with E-state index in [-0.39, 0.29) is 123 Å². The van der Waals surface area contributed by atoms with Crippen LogP contribution in [0.15, 0.2) is 0 Å². The number of aliphatic hydroxyl groups excluding tert-OH is 6. The first-order valence-electron chi connectivity index (χ1n) is 23.7. The minimum absolute atomic E-state index is 0. The van der Waals surface area contributed by atoms with Gasteiger partial charge in [-0.05, 0) is 208 Å². The molecule has 10 nitrogen and oxygen atoms in total. The molecular formula is C48H78NiO10. The summed E-state index contributed by atoms with van der Waals surface area (Å²) in [5, 5.41) is 87.7. The Labute approximate surface area is 364 Å². The summed E-state index contributed by atoms with van der Waals surface area (Å²) in [5.74, 6) is 1.27. The van der Waals surface area contributed by atoms with Crippen LogP contribution in [0.4, 0.5) is 0 Å². The van der Waals surface area contributed by atoms with Crippen LogP contribution in [-0.4, -0.2) is 79.2 Å². The molecule has 8 aliphatic rings. The number of aliphatic carboxylic acids is 2. The van der Waals surface area contributed by atoms with E-state index < -0.39 is 24.1 Å². The van der Waals surface area contributed by atoms with E-state index in [0.717, 1.165) is 89.9 Å². The minimum atomic E-state index is -0.998. The van der Waals surface area contributed by atoms with Crippen LogP contribution in [0.25, 0.3) is 0 Å². The summed E-state index contributed by atoms with van der Waals surface area (Å²) < 4.78 is 0. The van der Waals surface area contributed by atoms with Crippen molar-refractivity contribution < 1.29 is 66.9 Å². The fourth-order valence-corrected chi connectivity index (χ4v) is 17.4. The molecule has 0 aliphatic heterocycles. The third-order valence-electron chi connectivity index (χ3n) is 20.6. The largest absolute Gasteiger partial charge is 2.00 e. The monoisotopic (exact) mass is 872 g/mol. The van der Waals surface area contributed by atoms with Gasteiger partial charge >= 0.3 is 16.5 Å². The topological polar surface area (TPSA) is 202 Å². The quantitative estimate of drug-likeness (QED) is 0.192. The average molecular weight is 874 g/mol. The Kier molecular flexibility index (Phi) is 14.2. The molecule has 8 fully saturated rings. The summed E-state index contributed by atoms with van der Waals surface area (Å²) in [7, 11) is 0. The maximum absolute atomic E-state index is 11.5. The normalized spacial score (nSPS) is 52.0. The minimum Gasteiger partial charge on any atom is -0.550 e. The van der Waals surface area contributed by atoms with Gasteiger partial charge in [0.2, 0.25) is 0 Å². The second-order valence-corrected chi connectivity index (χ2v) is 22.8. The van der Waals surface area contributed by atoms with Crippen molar-refractivity contribution in [1.29, 1.82) is 0 Å². The summed E-state index contributed by atoms with van der Waals surface area (Å²) in [6.45, 7) is 13.3. The van der Waals surface area contributed by atoms with E-state index in [1.165, 1.54) is 0 Å². The third-order valence-corrected chi connectivity index (χ3v) is 20.6. The number of hydrogen-bond acceptors (Lipinski definition) is 10. The Morgan fingerprint density at radius 3 is 1.24 bits per heavy atom. The Morgan fingerprint density at radius 2 is 0.898 bits per heavy atom. The zero-order valence-corrected chi connectivity index (χ0v) is 37.7. The Bertz CT molecular complexity index is 1390. The second-order valence-electron chi connectivity index (χ2n) is 22.8. The Hall–Kier alpha value is -0.806. The molecule has 0 aromatic heterocycles. The maximum atomic E-state index is 11.5. The first-order valence-corrected chi connectivity index (χ1v) is 23.7. The van der Waals surface area contributed by atoms with E-state index in [0.29, 0.717) is 36.5 Å². The number of carboxylic acid groups (broad SMARTS) is 2. The number of carbonyl (C=O) groups excluding carboxylic acids is 2. The summed E-state index contributed by atoms with van der Waals surface area (Å²) >= 11 is 0. The molecule has 340 valence electrons. The van der Waals surface area contributed by atoms with Crippen molar-refractivity contribution in [3.8, 4) is 0 Å². The van der Waals surface area contributed by atoms with Crippen molar-refractivity contribution in [3.63, 3.8) is 0 Å². The van der Waals surface area contributed by atoms with Gasteiger partial charge in [-0.1, -0.05) is 41.5 Å². The van der Waals surface area contributed by atoms with Crippen LogP contribution < -0.4 is 10.2 Å². The fourth-order valence-electron chi connectivity index (χ4n) is 17.4. The molecular weight excluding hydrogens is 795 g/mol. The van der Waals surface area contributed by atoms with Crippen LogP contribution in [-0.2, 0) is 26.1 Å². The Morgan fingerprint density at radius 1 is 0.542 bits per heavy atom. The molecule has 8 saturated carbocycles. The van der Waals surface area contributed by atoms with Crippen LogP contribution in [0.5, 0.6) is 0 Å². The number of rotatable bonds is 8. The van der Waals surface area contributed by atoms with Gasteiger partial charge in [0.15, 0.2) is 0 Å². The number of hydrogen-bond donors (Lipinski definition) is 6. The van der Waals surface area contributed by atoms with Gasteiger partial charge in [-0.3, -0.25) is 0 Å². The third kappa shape index (κ3) is 8.04. The first kappa shape index (κ1) is 47.7. The number of carbonyl (C=O) groups is 2. The van der Waals surface area contributed by atoms with Gasteiger partial charge in [0.05, 0.1) is 36.6 Å². The first-order chi connectivity index (χ1) is 27.2. The van der Waals surface area contributed by atoms with Crippen molar-refractivity contribution >= 4 is 11.9 Å². The number of aliphatic hydroxyl groups is 6. The zero-order chi connectivity index (χ0) is 42.3. The van der Waals surface area contributed by atoms with E-state index in [1.54, 1.807) is 0 Å². The average Bonchev–Trinajstić information content (AvgIpc) is 3.70. The predicted molar refractivity (Wildman–Crippen MR) is 215 cm³/mol. The van der Waals surface area contributed by atoms with E-state index in [2.05, 4.69) is 41.5 Å². The molecule has 8 rings (SSSR count). The summed E-state index contributed by atoms with van der Waals surface area (Å²) in [6, 6.07) is 0. The van der Waals surface area contributed by atoms with Gasteiger partial charge in [-0.25, -0.2) is 0 Å². The van der Waals surface area contributed by atoms with Crippen molar-refractivity contribution in [3.05, 3.63) is 0 Å². The zero-order valence-electron chi connectivity index (χ0n) is 36.8. The molecule has 6 N–H and O–H groups in total. The van der Waals surface area contributed by atoms with Crippen molar-refractivity contribution in [1.82, 2.24) is 0 Å². The Balaban J connectivity index is 0.000000195. The SMILES string of the molecule is C[C@H](CCC(=O)[O-])[C@H]1CC[C@H]2[C@@H]3[C@H](O)C[C@@H]4C[C@H](O)CC[C@]4(C)[C@H]3C[C@H](O)[C@]12C.C[C@H](CCC(=O)[O-])[C@H]1CC[C@H]2[C@@H]3[C@H](O)C[C@@H]4C[C@H](O)CC[C@]4(C)[C@H]3C[C@H](O)[C@]12C.[Ni+2]. The van der Waals surface area contributed by atoms with Gasteiger partial charge in [0.25, 0.3) is 0 Å². The van der Waals surface area contributed by atoms with Gasteiger partial charge in [-0.2, -0.15) is 0 Å². The van der Waals surface area contributed by atoms with E-state index in [9.17, 15) is 50.4 Å². The molecule has 0 aromatic carbocycles. The number of fused-ring (bicyclic) bond motifs is 10. The maximum Gasteiger partial charge on any atom is 2.00 e. The molecule has 0 amide bonds. The molecule has 59 heavy (non-hydrogen) atoms. The predicted octanol–water partition coefficient (Wildman–Crippen LogP) is 4.23. The van der Waals surface area contributed by atoms with Crippen molar-refractivity contribution in [2.24, 2.45) is 92.7 Å². The van der Waals surface area contributed by atoms with Crippen LogP contribution in [0.1, 0.15) is 157 Å². The van der Waals surface area contributed by atoms with Crippen molar-refractivity contribution in [2.75, 3.05) is 0 Å². The molecule has 0 bridgehead atoms. The van der Waals surface area contributed by atoms with Crippen LogP contribution in [0.2, 0.25) is 0 Å². The van der Waals surface area contributed by atoms with Crippen LogP contribution in [0.3, 0.4) is 0 Å². The molecule has 0 unspecified atom stereocenters. The molecule has 0 spiro atoms. The summed E-state index contributed by atoms with van der Waals surface area (Å²) in [4.78, 5) is 21.9. The van der Waals surface area contributed by atoms with Crippen LogP contribution >= 0.6 is 0 Å². The molecule has 0 heterocycles. The molecule has 8 aliphatic carbocycles. The van der Waals surface area contributed by atoms with Gasteiger partial charge < -0.3 is 50.4 Å². The van der Waals surface area contributed by atoms with E-state index in [1.807, 2.05) is 0 Å². The smallest absolute Gasteiger partial charge is 0.550 e. The summed E-state index contributed by atoms with van der Waals surface area (Å²) in [6.07, 6.45) is 11.4. The van der Waals surface area contributed by atoms with Crippen molar-refractivity contribution in [2.45, 2.75) is 194 Å². The second kappa shape index (κ2) is 17.6.